The summed E-state index contributed by atoms with van der Waals surface area (Å²) >= 11 is 0. The minimum absolute atomic E-state index is 0.756. The lowest BCUT2D eigenvalue weighted by Gasteiger charge is -2.38. The average Bonchev–Trinajstić information content (AvgIpc) is 3.24. The van der Waals surface area contributed by atoms with E-state index in [9.17, 15) is 5.11 Å². The lowest BCUT2D eigenvalue weighted by Crippen LogP contribution is -2.35. The van der Waals surface area contributed by atoms with Crippen LogP contribution in [0.1, 0.15) is 34.7 Å². The van der Waals surface area contributed by atoms with E-state index in [-0.39, 0.29) is 0 Å². The minimum atomic E-state index is -1.16. The van der Waals surface area contributed by atoms with Crippen molar-refractivity contribution in [3.8, 4) is 28.4 Å². The first-order chi connectivity index (χ1) is 19.0. The summed E-state index contributed by atoms with van der Waals surface area (Å²) in [7, 11) is 3.33. The predicted molar refractivity (Wildman–Crippen MR) is 154 cm³/mol. The summed E-state index contributed by atoms with van der Waals surface area (Å²) in [6, 6.07) is 32.4. The van der Waals surface area contributed by atoms with E-state index in [1.165, 1.54) is 0 Å². The Balaban J connectivity index is 1.52. The van der Waals surface area contributed by atoms with Crippen molar-refractivity contribution in [2.75, 3.05) is 14.2 Å². The Morgan fingerprint density at radius 1 is 0.692 bits per heavy atom. The molecule has 4 nitrogen and oxygen atoms in total. The monoisotopic (exact) mass is 512 g/mol. The van der Waals surface area contributed by atoms with Gasteiger partial charge < -0.3 is 19.3 Å². The third kappa shape index (κ3) is 3.28. The molecule has 39 heavy (non-hydrogen) atoms. The number of fused-ring (bicyclic) bond motifs is 8. The Morgan fingerprint density at radius 2 is 1.26 bits per heavy atom. The first-order valence-corrected chi connectivity index (χ1v) is 13.1. The molecule has 5 aromatic carbocycles. The van der Waals surface area contributed by atoms with Crippen LogP contribution in [0.25, 0.3) is 28.0 Å². The zero-order valence-corrected chi connectivity index (χ0v) is 22.1. The summed E-state index contributed by atoms with van der Waals surface area (Å²) in [4.78, 5) is 0. The maximum Gasteiger partial charge on any atom is 0.178 e. The van der Waals surface area contributed by atoms with E-state index in [0.717, 1.165) is 67.0 Å². The summed E-state index contributed by atoms with van der Waals surface area (Å²) in [5, 5.41) is 14.0. The molecule has 0 spiro atoms. The zero-order valence-electron chi connectivity index (χ0n) is 22.1. The highest BCUT2D eigenvalue weighted by atomic mass is 16.5. The number of methoxy groups -OCH3 is 2. The molecule has 1 heterocycles. The lowest BCUT2D eigenvalue weighted by molar-refractivity contribution is 0.105. The molecule has 0 fully saturated rings. The summed E-state index contributed by atoms with van der Waals surface area (Å²) in [6.07, 6.45) is 4.23. The number of ether oxygens (including phenoxy) is 3. The largest absolute Gasteiger partial charge is 0.497 e. The van der Waals surface area contributed by atoms with Crippen molar-refractivity contribution in [1.82, 2.24) is 0 Å². The summed E-state index contributed by atoms with van der Waals surface area (Å²) in [6.45, 7) is 1.88. The molecule has 1 aliphatic carbocycles. The molecule has 0 saturated carbocycles. The second kappa shape index (κ2) is 8.48. The second-order valence-electron chi connectivity index (χ2n) is 10.3. The smallest absolute Gasteiger partial charge is 0.178 e. The van der Waals surface area contributed by atoms with E-state index in [4.69, 9.17) is 14.2 Å². The van der Waals surface area contributed by atoms with Crippen molar-refractivity contribution in [1.29, 1.82) is 0 Å². The molecule has 0 amide bonds. The van der Waals surface area contributed by atoms with Gasteiger partial charge >= 0.3 is 0 Å². The maximum atomic E-state index is 12.0. The highest BCUT2D eigenvalue weighted by Gasteiger charge is 2.45. The van der Waals surface area contributed by atoms with Crippen molar-refractivity contribution in [3.63, 3.8) is 0 Å². The molecular weight excluding hydrogens is 484 g/mol. The van der Waals surface area contributed by atoms with E-state index >= 15 is 0 Å². The summed E-state index contributed by atoms with van der Waals surface area (Å²) in [5.74, 6) is 2.31. The molecule has 0 radical (unpaired) electrons. The van der Waals surface area contributed by atoms with Crippen LogP contribution >= 0.6 is 0 Å². The Kier molecular flexibility index (Phi) is 5.13. The normalized spacial score (nSPS) is 18.2. The molecule has 1 unspecified atom stereocenters. The van der Waals surface area contributed by atoms with Crippen LogP contribution in [0.5, 0.6) is 17.2 Å². The maximum absolute atomic E-state index is 12.0. The molecule has 7 rings (SSSR count). The fourth-order valence-corrected chi connectivity index (χ4v) is 6.29. The standard InChI is InChI=1S/C35H28O4/c1-34(36)30-11-7-6-10-28(30)31-26-8-4-5-9-27(26)33-29(32(31)34)20-21-35(39-33,22-12-16-24(37-2)17-13-22)23-14-18-25(38-3)19-15-23/h4-21,36H,1-3H3. The highest BCUT2D eigenvalue weighted by Crippen LogP contribution is 2.57. The van der Waals surface area contributed by atoms with Crippen molar-refractivity contribution >= 4 is 16.8 Å². The molecule has 192 valence electrons. The van der Waals surface area contributed by atoms with E-state index in [2.05, 4.69) is 30.4 Å². The molecule has 0 saturated heterocycles. The number of aliphatic hydroxyl groups is 1. The van der Waals surface area contributed by atoms with Crippen LogP contribution in [0.3, 0.4) is 0 Å². The van der Waals surface area contributed by atoms with E-state index < -0.39 is 11.2 Å². The van der Waals surface area contributed by atoms with Gasteiger partial charge in [-0.05, 0) is 59.3 Å². The van der Waals surface area contributed by atoms with Crippen LogP contribution < -0.4 is 14.2 Å². The highest BCUT2D eigenvalue weighted by molar-refractivity contribution is 6.08. The fraction of sp³-hybridized carbons (Fsp3) is 0.143. The molecule has 4 heteroatoms. The van der Waals surface area contributed by atoms with Gasteiger partial charge in [0.15, 0.2) is 5.60 Å². The van der Waals surface area contributed by atoms with Gasteiger partial charge in [0.1, 0.15) is 22.8 Å². The van der Waals surface area contributed by atoms with Crippen molar-refractivity contribution < 1.29 is 19.3 Å². The Labute approximate surface area is 227 Å². The quantitative estimate of drug-likeness (QED) is 0.272. The third-order valence-corrected chi connectivity index (χ3v) is 8.20. The zero-order chi connectivity index (χ0) is 26.8. The van der Waals surface area contributed by atoms with Gasteiger partial charge in [-0.1, -0.05) is 78.9 Å². The fourth-order valence-electron chi connectivity index (χ4n) is 6.29. The van der Waals surface area contributed by atoms with E-state index in [1.807, 2.05) is 85.8 Å². The molecule has 2 aliphatic rings. The second-order valence-corrected chi connectivity index (χ2v) is 10.3. The van der Waals surface area contributed by atoms with Crippen molar-refractivity contribution in [2.24, 2.45) is 0 Å². The Hall–Kier alpha value is -4.54. The number of benzene rings is 5. The first-order valence-electron chi connectivity index (χ1n) is 13.1. The predicted octanol–water partition coefficient (Wildman–Crippen LogP) is 7.44. The SMILES string of the molecule is COc1ccc(C2(c3ccc(OC)cc3)C=Cc3c4c(c5ccccc5c3O2)-c2ccccc2C4(C)O)cc1. The van der Waals surface area contributed by atoms with Crippen LogP contribution in [-0.2, 0) is 11.2 Å². The van der Waals surface area contributed by atoms with Crippen LogP contribution in [-0.4, -0.2) is 19.3 Å². The van der Waals surface area contributed by atoms with E-state index in [1.54, 1.807) is 14.2 Å². The molecule has 1 aliphatic heterocycles. The van der Waals surface area contributed by atoms with Crippen LogP contribution in [0.4, 0.5) is 0 Å². The van der Waals surface area contributed by atoms with Gasteiger partial charge in [0.2, 0.25) is 0 Å². The number of hydrogen-bond donors (Lipinski definition) is 1. The van der Waals surface area contributed by atoms with Gasteiger partial charge in [-0.3, -0.25) is 0 Å². The van der Waals surface area contributed by atoms with Gasteiger partial charge in [-0.15, -0.1) is 0 Å². The topological polar surface area (TPSA) is 47.9 Å². The molecule has 0 aromatic heterocycles. The number of hydrogen-bond acceptors (Lipinski definition) is 4. The van der Waals surface area contributed by atoms with Gasteiger partial charge in [0.25, 0.3) is 0 Å². The molecular formula is C35H28O4. The van der Waals surface area contributed by atoms with Gasteiger partial charge in [-0.25, -0.2) is 0 Å². The van der Waals surface area contributed by atoms with Gasteiger partial charge in [-0.2, -0.15) is 0 Å². The summed E-state index contributed by atoms with van der Waals surface area (Å²) in [5.41, 5.74) is 4.70. The minimum Gasteiger partial charge on any atom is -0.497 e. The molecule has 5 aromatic rings. The Morgan fingerprint density at radius 3 is 1.87 bits per heavy atom. The van der Waals surface area contributed by atoms with Crippen LogP contribution in [0, 0.1) is 0 Å². The lowest BCUT2D eigenvalue weighted by atomic mass is 9.80. The van der Waals surface area contributed by atoms with Gasteiger partial charge in [0.05, 0.1) is 14.2 Å². The molecule has 1 N–H and O–H groups in total. The van der Waals surface area contributed by atoms with Crippen molar-refractivity contribution in [2.45, 2.75) is 18.1 Å². The average molecular weight is 513 g/mol. The molecule has 0 bridgehead atoms. The van der Waals surface area contributed by atoms with E-state index in [0.29, 0.717) is 0 Å². The first kappa shape index (κ1) is 23.6. The van der Waals surface area contributed by atoms with Crippen molar-refractivity contribution in [3.05, 3.63) is 131 Å². The molecule has 1 atom stereocenters. The third-order valence-electron chi connectivity index (χ3n) is 8.20. The van der Waals surface area contributed by atoms with Crippen LogP contribution in [0.15, 0.2) is 103 Å². The summed E-state index contributed by atoms with van der Waals surface area (Å²) < 4.78 is 18.1. The van der Waals surface area contributed by atoms with Crippen LogP contribution in [0.2, 0.25) is 0 Å². The van der Waals surface area contributed by atoms with Gasteiger partial charge in [0, 0.05) is 27.6 Å². The number of rotatable bonds is 4. The Bertz CT molecular complexity index is 1710.